The number of nitrogens with zero attached hydrogens (tertiary/aromatic N) is 1. The van der Waals surface area contributed by atoms with Crippen LogP contribution in [0.25, 0.3) is 0 Å². The highest BCUT2D eigenvalue weighted by Gasteiger charge is 2.36. The molecule has 0 unspecified atom stereocenters. The third kappa shape index (κ3) is 2.87. The Morgan fingerprint density at radius 2 is 1.75 bits per heavy atom. The second kappa shape index (κ2) is 5.86. The number of hydrogen-bond acceptors (Lipinski definition) is 3. The number of rotatable bonds is 4. The molecule has 106 valence electrons. The van der Waals surface area contributed by atoms with Crippen LogP contribution < -0.4 is 5.32 Å². The number of anilines is 1. The quantitative estimate of drug-likeness (QED) is 0.850. The molecule has 0 radical (unpaired) electrons. The number of aryl methyl sites for hydroxylation is 1. The maximum Gasteiger partial charge on any atom is 0.247 e. The van der Waals surface area contributed by atoms with Gasteiger partial charge in [-0.25, -0.2) is 0 Å². The molecule has 1 aliphatic heterocycles. The van der Waals surface area contributed by atoms with Crippen molar-refractivity contribution in [1.82, 2.24) is 4.90 Å². The van der Waals surface area contributed by atoms with E-state index in [4.69, 9.17) is 0 Å². The molecule has 1 aromatic rings. The van der Waals surface area contributed by atoms with Crippen LogP contribution in [0.5, 0.6) is 0 Å². The smallest absolute Gasteiger partial charge is 0.247 e. The van der Waals surface area contributed by atoms with Crippen molar-refractivity contribution in [2.24, 2.45) is 0 Å². The average molecular weight is 274 g/mol. The third-order valence-electron chi connectivity index (χ3n) is 3.49. The first-order valence-electron chi connectivity index (χ1n) is 6.77. The highest BCUT2D eigenvalue weighted by molar-refractivity contribution is 6.07. The van der Waals surface area contributed by atoms with Crippen molar-refractivity contribution >= 4 is 23.4 Å². The Kier molecular flexibility index (Phi) is 4.17. The zero-order valence-electron chi connectivity index (χ0n) is 11.7. The van der Waals surface area contributed by atoms with E-state index in [1.165, 1.54) is 5.56 Å². The summed E-state index contributed by atoms with van der Waals surface area (Å²) in [5, 5.41) is 2.73. The summed E-state index contributed by atoms with van der Waals surface area (Å²) in [4.78, 5) is 36.3. The molecule has 1 saturated heterocycles. The van der Waals surface area contributed by atoms with Gasteiger partial charge in [-0.2, -0.15) is 0 Å². The molecule has 0 saturated carbocycles. The lowest BCUT2D eigenvalue weighted by Crippen LogP contribution is -2.44. The van der Waals surface area contributed by atoms with E-state index in [-0.39, 0.29) is 30.6 Å². The SMILES string of the molecule is CCc1ccc(NC(=O)[C@H](C)N2C(=O)CCC2=O)cc1. The fraction of sp³-hybridized carbons (Fsp3) is 0.400. The van der Waals surface area contributed by atoms with Gasteiger partial charge in [-0.1, -0.05) is 19.1 Å². The van der Waals surface area contributed by atoms with E-state index in [0.717, 1.165) is 11.3 Å². The molecular weight excluding hydrogens is 256 g/mol. The van der Waals surface area contributed by atoms with Crippen molar-refractivity contribution in [3.8, 4) is 0 Å². The van der Waals surface area contributed by atoms with Crippen molar-refractivity contribution in [2.45, 2.75) is 39.2 Å². The molecule has 1 N–H and O–H groups in total. The van der Waals surface area contributed by atoms with Gasteiger partial charge in [0.1, 0.15) is 6.04 Å². The van der Waals surface area contributed by atoms with E-state index in [0.29, 0.717) is 5.69 Å². The molecule has 0 bridgehead atoms. The Hall–Kier alpha value is -2.17. The summed E-state index contributed by atoms with van der Waals surface area (Å²) in [5.41, 5.74) is 1.85. The van der Waals surface area contributed by atoms with Crippen LogP contribution in [0.3, 0.4) is 0 Å². The van der Waals surface area contributed by atoms with E-state index in [2.05, 4.69) is 12.2 Å². The summed E-state index contributed by atoms with van der Waals surface area (Å²) in [5.74, 6) is -0.907. The van der Waals surface area contributed by atoms with E-state index in [1.807, 2.05) is 24.3 Å². The second-order valence-electron chi connectivity index (χ2n) is 4.87. The number of benzene rings is 1. The Morgan fingerprint density at radius 1 is 1.20 bits per heavy atom. The predicted octanol–water partition coefficient (Wildman–Crippen LogP) is 1.72. The van der Waals surface area contributed by atoms with Crippen LogP contribution in [0.1, 0.15) is 32.3 Å². The molecule has 1 aromatic carbocycles. The van der Waals surface area contributed by atoms with Crippen LogP contribution in [0, 0.1) is 0 Å². The van der Waals surface area contributed by atoms with Crippen molar-refractivity contribution in [1.29, 1.82) is 0 Å². The monoisotopic (exact) mass is 274 g/mol. The molecule has 5 heteroatoms. The highest BCUT2D eigenvalue weighted by Crippen LogP contribution is 2.17. The minimum absolute atomic E-state index is 0.196. The van der Waals surface area contributed by atoms with Gasteiger partial charge in [-0.05, 0) is 31.0 Å². The number of hydrogen-bond donors (Lipinski definition) is 1. The Morgan fingerprint density at radius 3 is 2.25 bits per heavy atom. The van der Waals surface area contributed by atoms with Crippen LogP contribution >= 0.6 is 0 Å². The summed E-state index contributed by atoms with van der Waals surface area (Å²) >= 11 is 0. The normalized spacial score (nSPS) is 16.4. The van der Waals surface area contributed by atoms with Crippen LogP contribution in [0.4, 0.5) is 5.69 Å². The van der Waals surface area contributed by atoms with E-state index in [9.17, 15) is 14.4 Å². The molecule has 2 rings (SSSR count). The summed E-state index contributed by atoms with van der Waals surface area (Å²) in [6.07, 6.45) is 1.32. The first-order valence-corrected chi connectivity index (χ1v) is 6.77. The molecule has 1 aliphatic rings. The number of amides is 3. The van der Waals surface area contributed by atoms with Gasteiger partial charge in [0.15, 0.2) is 0 Å². The molecule has 0 aromatic heterocycles. The fourth-order valence-electron chi connectivity index (χ4n) is 2.21. The lowest BCUT2D eigenvalue weighted by molar-refractivity contribution is -0.144. The summed E-state index contributed by atoms with van der Waals surface area (Å²) in [6.45, 7) is 3.62. The number of imide groups is 1. The first-order chi connectivity index (χ1) is 9.52. The van der Waals surface area contributed by atoms with Crippen molar-refractivity contribution in [3.05, 3.63) is 29.8 Å². The summed E-state index contributed by atoms with van der Waals surface area (Å²) < 4.78 is 0. The Bertz CT molecular complexity index is 521. The van der Waals surface area contributed by atoms with Crippen LogP contribution in [-0.2, 0) is 20.8 Å². The molecule has 3 amide bonds. The van der Waals surface area contributed by atoms with Gasteiger partial charge >= 0.3 is 0 Å². The topological polar surface area (TPSA) is 66.5 Å². The van der Waals surface area contributed by atoms with Crippen molar-refractivity contribution < 1.29 is 14.4 Å². The lowest BCUT2D eigenvalue weighted by atomic mass is 10.1. The predicted molar refractivity (Wildman–Crippen MR) is 75.0 cm³/mol. The second-order valence-corrected chi connectivity index (χ2v) is 4.87. The summed E-state index contributed by atoms with van der Waals surface area (Å²) in [7, 11) is 0. The van der Waals surface area contributed by atoms with Gasteiger partial charge in [0.05, 0.1) is 0 Å². The zero-order chi connectivity index (χ0) is 14.7. The summed E-state index contributed by atoms with van der Waals surface area (Å²) in [6, 6.07) is 6.73. The van der Waals surface area contributed by atoms with E-state index >= 15 is 0 Å². The fourth-order valence-corrected chi connectivity index (χ4v) is 2.21. The van der Waals surface area contributed by atoms with Crippen LogP contribution in [-0.4, -0.2) is 28.7 Å². The number of carbonyl (C=O) groups excluding carboxylic acids is 3. The molecule has 20 heavy (non-hydrogen) atoms. The Balaban J connectivity index is 2.03. The third-order valence-corrected chi connectivity index (χ3v) is 3.49. The number of carbonyl (C=O) groups is 3. The molecular formula is C15H18N2O3. The van der Waals surface area contributed by atoms with Crippen LogP contribution in [0.2, 0.25) is 0 Å². The van der Waals surface area contributed by atoms with Gasteiger partial charge in [-0.3, -0.25) is 19.3 Å². The van der Waals surface area contributed by atoms with E-state index < -0.39 is 6.04 Å². The maximum absolute atomic E-state index is 12.1. The van der Waals surface area contributed by atoms with E-state index in [1.54, 1.807) is 6.92 Å². The van der Waals surface area contributed by atoms with Gasteiger partial charge in [0, 0.05) is 18.5 Å². The number of nitrogens with one attached hydrogen (secondary N) is 1. The van der Waals surface area contributed by atoms with Crippen molar-refractivity contribution in [2.75, 3.05) is 5.32 Å². The molecule has 0 spiro atoms. The molecule has 1 atom stereocenters. The standard InChI is InChI=1S/C15H18N2O3/c1-3-11-4-6-12(7-5-11)16-15(20)10(2)17-13(18)8-9-14(17)19/h4-7,10H,3,8-9H2,1-2H3,(H,16,20)/t10-/m0/s1. The first kappa shape index (κ1) is 14.2. The zero-order valence-corrected chi connectivity index (χ0v) is 11.7. The van der Waals surface area contributed by atoms with Gasteiger partial charge in [0.25, 0.3) is 0 Å². The average Bonchev–Trinajstić information content (AvgIpc) is 2.78. The highest BCUT2D eigenvalue weighted by atomic mass is 16.2. The number of likely N-dealkylation sites (tertiary alicyclic amines) is 1. The van der Waals surface area contributed by atoms with Gasteiger partial charge in [-0.15, -0.1) is 0 Å². The minimum atomic E-state index is -0.775. The van der Waals surface area contributed by atoms with Gasteiger partial charge in [0.2, 0.25) is 17.7 Å². The van der Waals surface area contributed by atoms with Gasteiger partial charge < -0.3 is 5.32 Å². The minimum Gasteiger partial charge on any atom is -0.324 e. The van der Waals surface area contributed by atoms with Crippen LogP contribution in [0.15, 0.2) is 24.3 Å². The lowest BCUT2D eigenvalue weighted by Gasteiger charge is -2.21. The molecule has 0 aliphatic carbocycles. The molecule has 1 heterocycles. The molecule has 1 fully saturated rings. The maximum atomic E-state index is 12.1. The molecule has 5 nitrogen and oxygen atoms in total. The largest absolute Gasteiger partial charge is 0.324 e. The Labute approximate surface area is 118 Å². The van der Waals surface area contributed by atoms with Crippen molar-refractivity contribution in [3.63, 3.8) is 0 Å².